The summed E-state index contributed by atoms with van der Waals surface area (Å²) in [6.07, 6.45) is 1.70. The SMILES string of the molecule is CC(C)c1ccc2nccc(Cl)c2n1. The largest absolute Gasteiger partial charge is 0.255 e. The highest BCUT2D eigenvalue weighted by molar-refractivity contribution is 6.34. The van der Waals surface area contributed by atoms with Crippen LogP contribution in [-0.2, 0) is 0 Å². The van der Waals surface area contributed by atoms with E-state index in [1.807, 2.05) is 12.1 Å². The van der Waals surface area contributed by atoms with Crippen molar-refractivity contribution < 1.29 is 0 Å². The quantitative estimate of drug-likeness (QED) is 0.715. The minimum Gasteiger partial charge on any atom is -0.255 e. The number of nitrogens with zero attached hydrogens (tertiary/aromatic N) is 2. The Balaban J connectivity index is 2.70. The molecule has 0 aliphatic rings. The number of rotatable bonds is 1. The van der Waals surface area contributed by atoms with Crippen molar-refractivity contribution in [3.05, 3.63) is 35.1 Å². The minimum atomic E-state index is 0.413. The molecule has 2 aromatic rings. The molecule has 0 aliphatic carbocycles. The van der Waals surface area contributed by atoms with Gasteiger partial charge in [0.05, 0.1) is 10.5 Å². The zero-order chi connectivity index (χ0) is 10.1. The van der Waals surface area contributed by atoms with Gasteiger partial charge in [-0.1, -0.05) is 25.4 Å². The molecule has 72 valence electrons. The van der Waals surface area contributed by atoms with Crippen LogP contribution in [0.15, 0.2) is 24.4 Å². The molecule has 0 spiro atoms. The average molecular weight is 207 g/mol. The smallest absolute Gasteiger partial charge is 0.108 e. The molecule has 0 aliphatic heterocycles. The molecule has 2 rings (SSSR count). The fourth-order valence-electron chi connectivity index (χ4n) is 1.33. The molecule has 0 saturated carbocycles. The molecule has 0 unspecified atom stereocenters. The average Bonchev–Trinajstić information content (AvgIpc) is 2.18. The van der Waals surface area contributed by atoms with E-state index in [-0.39, 0.29) is 0 Å². The molecule has 0 N–H and O–H groups in total. The zero-order valence-electron chi connectivity index (χ0n) is 8.16. The highest BCUT2D eigenvalue weighted by Crippen LogP contribution is 2.21. The second kappa shape index (κ2) is 3.54. The van der Waals surface area contributed by atoms with Gasteiger partial charge < -0.3 is 0 Å². The van der Waals surface area contributed by atoms with Crippen LogP contribution in [0.4, 0.5) is 0 Å². The maximum atomic E-state index is 6.03. The molecule has 0 bridgehead atoms. The number of aromatic nitrogens is 2. The number of hydrogen-bond donors (Lipinski definition) is 0. The van der Waals surface area contributed by atoms with Crippen molar-refractivity contribution >= 4 is 22.6 Å². The van der Waals surface area contributed by atoms with E-state index in [0.717, 1.165) is 16.7 Å². The molecule has 0 radical (unpaired) electrons. The van der Waals surface area contributed by atoms with Crippen LogP contribution in [-0.4, -0.2) is 9.97 Å². The lowest BCUT2D eigenvalue weighted by molar-refractivity contribution is 0.829. The van der Waals surface area contributed by atoms with Gasteiger partial charge in [-0.2, -0.15) is 0 Å². The summed E-state index contributed by atoms with van der Waals surface area (Å²) >= 11 is 6.03. The van der Waals surface area contributed by atoms with Gasteiger partial charge in [0.15, 0.2) is 0 Å². The van der Waals surface area contributed by atoms with Crippen molar-refractivity contribution in [1.29, 1.82) is 0 Å². The van der Waals surface area contributed by atoms with Crippen molar-refractivity contribution in [1.82, 2.24) is 9.97 Å². The zero-order valence-corrected chi connectivity index (χ0v) is 8.92. The molecule has 0 aromatic carbocycles. The van der Waals surface area contributed by atoms with Crippen LogP contribution in [0, 0.1) is 0 Å². The van der Waals surface area contributed by atoms with Crippen LogP contribution in [0.25, 0.3) is 11.0 Å². The normalized spacial score (nSPS) is 11.1. The van der Waals surface area contributed by atoms with Crippen LogP contribution >= 0.6 is 11.6 Å². The first-order valence-corrected chi connectivity index (χ1v) is 4.97. The predicted molar refractivity (Wildman–Crippen MR) is 58.6 cm³/mol. The van der Waals surface area contributed by atoms with E-state index in [0.29, 0.717) is 10.9 Å². The van der Waals surface area contributed by atoms with Gasteiger partial charge >= 0.3 is 0 Å². The van der Waals surface area contributed by atoms with Crippen LogP contribution < -0.4 is 0 Å². The lowest BCUT2D eigenvalue weighted by Gasteiger charge is -2.05. The number of fused-ring (bicyclic) bond motifs is 1. The number of hydrogen-bond acceptors (Lipinski definition) is 2. The molecule has 14 heavy (non-hydrogen) atoms. The fourth-order valence-corrected chi connectivity index (χ4v) is 1.53. The summed E-state index contributed by atoms with van der Waals surface area (Å²) in [6, 6.07) is 5.72. The van der Waals surface area contributed by atoms with E-state index in [2.05, 4.69) is 23.8 Å². The summed E-state index contributed by atoms with van der Waals surface area (Å²) in [6.45, 7) is 4.22. The van der Waals surface area contributed by atoms with Gasteiger partial charge in [-0.3, -0.25) is 4.98 Å². The molecule has 2 heterocycles. The Labute approximate surface area is 88.0 Å². The van der Waals surface area contributed by atoms with E-state index in [1.165, 1.54) is 0 Å². The Morgan fingerprint density at radius 1 is 1.21 bits per heavy atom. The first-order chi connectivity index (χ1) is 6.68. The molecular weight excluding hydrogens is 196 g/mol. The van der Waals surface area contributed by atoms with Crippen molar-refractivity contribution in [2.24, 2.45) is 0 Å². The Morgan fingerprint density at radius 3 is 2.71 bits per heavy atom. The van der Waals surface area contributed by atoms with E-state index in [1.54, 1.807) is 12.3 Å². The summed E-state index contributed by atoms with van der Waals surface area (Å²) in [4.78, 5) is 8.68. The second-order valence-electron chi connectivity index (χ2n) is 3.55. The van der Waals surface area contributed by atoms with Gasteiger partial charge in [-0.25, -0.2) is 4.98 Å². The Bertz CT molecular complexity index is 466. The molecule has 0 saturated heterocycles. The lowest BCUT2D eigenvalue weighted by atomic mass is 10.1. The van der Waals surface area contributed by atoms with Crippen LogP contribution in [0.5, 0.6) is 0 Å². The van der Waals surface area contributed by atoms with Crippen LogP contribution in [0.3, 0.4) is 0 Å². The highest BCUT2D eigenvalue weighted by atomic mass is 35.5. The fraction of sp³-hybridized carbons (Fsp3) is 0.273. The minimum absolute atomic E-state index is 0.413. The van der Waals surface area contributed by atoms with Gasteiger partial charge in [0.25, 0.3) is 0 Å². The lowest BCUT2D eigenvalue weighted by Crippen LogP contribution is -1.93. The molecular formula is C11H11ClN2. The third-order valence-electron chi connectivity index (χ3n) is 2.15. The van der Waals surface area contributed by atoms with Crippen molar-refractivity contribution in [3.8, 4) is 0 Å². The molecule has 0 amide bonds. The van der Waals surface area contributed by atoms with Crippen molar-refractivity contribution in [3.63, 3.8) is 0 Å². The molecule has 2 aromatic heterocycles. The summed E-state index contributed by atoms with van der Waals surface area (Å²) in [5.41, 5.74) is 2.69. The van der Waals surface area contributed by atoms with Gasteiger partial charge in [0.2, 0.25) is 0 Å². The number of halogens is 1. The topological polar surface area (TPSA) is 25.8 Å². The van der Waals surface area contributed by atoms with Gasteiger partial charge in [0.1, 0.15) is 5.52 Å². The Kier molecular flexibility index (Phi) is 2.38. The van der Waals surface area contributed by atoms with E-state index in [4.69, 9.17) is 11.6 Å². The second-order valence-corrected chi connectivity index (χ2v) is 3.96. The number of pyridine rings is 2. The maximum absolute atomic E-state index is 6.03. The maximum Gasteiger partial charge on any atom is 0.108 e. The van der Waals surface area contributed by atoms with Crippen LogP contribution in [0.1, 0.15) is 25.5 Å². The van der Waals surface area contributed by atoms with Crippen LogP contribution in [0.2, 0.25) is 5.02 Å². The first-order valence-electron chi connectivity index (χ1n) is 4.59. The van der Waals surface area contributed by atoms with E-state index < -0.39 is 0 Å². The highest BCUT2D eigenvalue weighted by Gasteiger charge is 2.05. The predicted octanol–water partition coefficient (Wildman–Crippen LogP) is 3.41. The van der Waals surface area contributed by atoms with Crippen molar-refractivity contribution in [2.45, 2.75) is 19.8 Å². The third kappa shape index (κ3) is 1.58. The third-order valence-corrected chi connectivity index (χ3v) is 2.45. The van der Waals surface area contributed by atoms with E-state index >= 15 is 0 Å². The van der Waals surface area contributed by atoms with E-state index in [9.17, 15) is 0 Å². The Morgan fingerprint density at radius 2 is 2.00 bits per heavy atom. The summed E-state index contributed by atoms with van der Waals surface area (Å²) in [7, 11) is 0. The Hall–Kier alpha value is -1.15. The summed E-state index contributed by atoms with van der Waals surface area (Å²) < 4.78 is 0. The van der Waals surface area contributed by atoms with Crippen molar-refractivity contribution in [2.75, 3.05) is 0 Å². The molecule has 2 nitrogen and oxygen atoms in total. The summed E-state index contributed by atoms with van der Waals surface area (Å²) in [5, 5.41) is 0.664. The molecule has 0 atom stereocenters. The van der Waals surface area contributed by atoms with Gasteiger partial charge in [-0.05, 0) is 24.1 Å². The van der Waals surface area contributed by atoms with Gasteiger partial charge in [0, 0.05) is 11.9 Å². The molecule has 3 heteroatoms. The summed E-state index contributed by atoms with van der Waals surface area (Å²) in [5.74, 6) is 0.413. The monoisotopic (exact) mass is 206 g/mol. The van der Waals surface area contributed by atoms with Gasteiger partial charge in [-0.15, -0.1) is 0 Å². The first kappa shape index (κ1) is 9.41. The molecule has 0 fully saturated rings. The standard InChI is InChI=1S/C11H11ClN2/c1-7(2)9-3-4-10-11(14-9)8(12)5-6-13-10/h3-7H,1-2H3.